The van der Waals surface area contributed by atoms with Crippen LogP contribution in [0.3, 0.4) is 0 Å². The van der Waals surface area contributed by atoms with Gasteiger partial charge in [-0.25, -0.2) is 8.42 Å². The van der Waals surface area contributed by atoms with Crippen LogP contribution in [0.4, 0.5) is 5.69 Å². The van der Waals surface area contributed by atoms with Gasteiger partial charge in [-0.15, -0.1) is 0 Å². The largest absolute Gasteiger partial charge is 0.303 e. The number of nitrogens with zero attached hydrogens (tertiary/aromatic N) is 2. The quantitative estimate of drug-likeness (QED) is 0.636. The molecule has 3 heterocycles. The Kier molecular flexibility index (Phi) is 4.63. The number of sulfonamides is 1. The molecule has 154 valence electrons. The van der Waals surface area contributed by atoms with Gasteiger partial charge in [0.05, 0.1) is 10.6 Å². The summed E-state index contributed by atoms with van der Waals surface area (Å²) in [6.45, 7) is 9.20. The van der Waals surface area contributed by atoms with E-state index in [1.165, 1.54) is 10.4 Å². The minimum Gasteiger partial charge on any atom is -0.303 e. The maximum absolute atomic E-state index is 13.3. The zero-order valence-corrected chi connectivity index (χ0v) is 19.0. The van der Waals surface area contributed by atoms with E-state index in [4.69, 9.17) is 23.2 Å². The van der Waals surface area contributed by atoms with Gasteiger partial charge in [0, 0.05) is 24.2 Å². The monoisotopic (exact) mass is 444 g/mol. The predicted octanol–water partition coefficient (Wildman–Crippen LogP) is 4.37. The molecular weight excluding hydrogens is 419 g/mol. The van der Waals surface area contributed by atoms with Crippen molar-refractivity contribution in [3.05, 3.63) is 23.3 Å². The van der Waals surface area contributed by atoms with Crippen molar-refractivity contribution in [1.82, 2.24) is 4.31 Å². The molecule has 1 atom stereocenters. The van der Waals surface area contributed by atoms with Gasteiger partial charge in [-0.3, -0.25) is 4.79 Å². The molecule has 0 bridgehead atoms. The molecule has 1 saturated heterocycles. The number of piperidine rings is 1. The summed E-state index contributed by atoms with van der Waals surface area (Å²) in [6, 6.07) is 3.24. The number of benzene rings is 1. The molecule has 0 radical (unpaired) electrons. The highest BCUT2D eigenvalue weighted by Gasteiger charge is 2.56. The van der Waals surface area contributed by atoms with E-state index in [9.17, 15) is 13.2 Å². The lowest BCUT2D eigenvalue weighted by Gasteiger charge is -2.44. The number of anilines is 1. The third-order valence-electron chi connectivity index (χ3n) is 6.47. The molecule has 8 heteroatoms. The third-order valence-corrected chi connectivity index (χ3v) is 9.08. The molecule has 3 aliphatic rings. The Morgan fingerprint density at radius 3 is 2.32 bits per heavy atom. The van der Waals surface area contributed by atoms with E-state index < -0.39 is 25.8 Å². The molecule has 1 aromatic rings. The summed E-state index contributed by atoms with van der Waals surface area (Å²) >= 11 is 13.0. The summed E-state index contributed by atoms with van der Waals surface area (Å²) in [6.07, 6.45) is 2.41. The van der Waals surface area contributed by atoms with Crippen molar-refractivity contribution in [2.24, 2.45) is 5.92 Å². The molecular formula is C20H26Cl2N2O3S. The Hall–Kier alpha value is -0.820. The molecule has 1 aromatic carbocycles. The fraction of sp³-hybridized carbons (Fsp3) is 0.650. The maximum atomic E-state index is 13.3. The number of alkyl halides is 2. The van der Waals surface area contributed by atoms with Gasteiger partial charge in [-0.1, -0.05) is 37.0 Å². The first kappa shape index (κ1) is 20.5. The average molecular weight is 445 g/mol. The lowest BCUT2D eigenvalue weighted by atomic mass is 9.80. The fourth-order valence-electron chi connectivity index (χ4n) is 4.90. The zero-order valence-electron chi connectivity index (χ0n) is 16.6. The van der Waals surface area contributed by atoms with Crippen LogP contribution in [0.2, 0.25) is 0 Å². The average Bonchev–Trinajstić information content (AvgIpc) is 2.80. The van der Waals surface area contributed by atoms with Crippen LogP contribution in [-0.4, -0.2) is 37.3 Å². The Morgan fingerprint density at radius 1 is 1.11 bits per heavy atom. The highest BCUT2D eigenvalue weighted by atomic mass is 35.5. The highest BCUT2D eigenvalue weighted by molar-refractivity contribution is 7.89. The van der Waals surface area contributed by atoms with E-state index in [2.05, 4.69) is 13.8 Å². The van der Waals surface area contributed by atoms with Crippen LogP contribution < -0.4 is 4.90 Å². The van der Waals surface area contributed by atoms with Gasteiger partial charge < -0.3 is 4.90 Å². The molecule has 1 unspecified atom stereocenters. The van der Waals surface area contributed by atoms with E-state index in [0.29, 0.717) is 36.7 Å². The maximum Gasteiger partial charge on any atom is 0.268 e. The van der Waals surface area contributed by atoms with Crippen LogP contribution in [0, 0.1) is 5.92 Å². The molecule has 4 rings (SSSR count). The van der Waals surface area contributed by atoms with Gasteiger partial charge in [-0.05, 0) is 62.6 Å². The summed E-state index contributed by atoms with van der Waals surface area (Å²) in [5, 5.41) is 0. The van der Waals surface area contributed by atoms with Gasteiger partial charge in [-0.2, -0.15) is 4.31 Å². The van der Waals surface area contributed by atoms with Crippen LogP contribution >= 0.6 is 23.2 Å². The Labute approximate surface area is 177 Å². The van der Waals surface area contributed by atoms with Crippen LogP contribution in [0.15, 0.2) is 17.0 Å². The van der Waals surface area contributed by atoms with Crippen molar-refractivity contribution >= 4 is 44.8 Å². The van der Waals surface area contributed by atoms with Gasteiger partial charge >= 0.3 is 0 Å². The summed E-state index contributed by atoms with van der Waals surface area (Å²) in [4.78, 5) is 14.9. The van der Waals surface area contributed by atoms with Crippen molar-refractivity contribution in [3.63, 3.8) is 0 Å². The number of hydrogen-bond donors (Lipinski definition) is 0. The lowest BCUT2D eigenvalue weighted by Crippen LogP contribution is -2.51. The molecule has 0 saturated carbocycles. The molecule has 0 N–H and O–H groups in total. The first-order valence-electron chi connectivity index (χ1n) is 9.78. The van der Waals surface area contributed by atoms with E-state index in [1.54, 1.807) is 11.0 Å². The molecule has 1 fully saturated rings. The van der Waals surface area contributed by atoms with Crippen molar-refractivity contribution < 1.29 is 13.2 Å². The third kappa shape index (κ3) is 2.83. The van der Waals surface area contributed by atoms with Crippen LogP contribution in [0.5, 0.6) is 0 Å². The minimum absolute atomic E-state index is 0.0894. The number of amides is 1. The first-order chi connectivity index (χ1) is 12.9. The molecule has 0 aliphatic carbocycles. The molecule has 3 aliphatic heterocycles. The van der Waals surface area contributed by atoms with Crippen LogP contribution in [0.1, 0.15) is 64.0 Å². The molecule has 28 heavy (non-hydrogen) atoms. The Bertz CT molecular complexity index is 950. The number of rotatable bonds is 2. The second kappa shape index (κ2) is 6.34. The van der Waals surface area contributed by atoms with Crippen molar-refractivity contribution in [3.8, 4) is 0 Å². The van der Waals surface area contributed by atoms with Crippen LogP contribution in [-0.2, 0) is 19.2 Å². The molecule has 0 spiro atoms. The normalized spacial score (nSPS) is 27.1. The van der Waals surface area contributed by atoms with Gasteiger partial charge in [0.1, 0.15) is 0 Å². The van der Waals surface area contributed by atoms with Crippen LogP contribution in [0.25, 0.3) is 0 Å². The standard InChI is InChI=1S/C20H26Cl2N2O3S/c1-12-5-7-23(8-6-12)28(26,27)14-9-15-13(2)11-19(3,4)24-17(15)16(10-14)20(21,22)18(24)25/h9-10,12-13H,5-8,11H2,1-4H3. The van der Waals surface area contributed by atoms with Gasteiger partial charge in [0.2, 0.25) is 14.4 Å². The fourth-order valence-corrected chi connectivity index (χ4v) is 6.89. The summed E-state index contributed by atoms with van der Waals surface area (Å²) in [5.74, 6) is 0.219. The number of halogens is 2. The van der Waals surface area contributed by atoms with Crippen molar-refractivity contribution in [2.75, 3.05) is 18.0 Å². The van der Waals surface area contributed by atoms with E-state index in [-0.39, 0.29) is 10.8 Å². The number of carbonyl (C=O) groups excluding carboxylic acids is 1. The predicted molar refractivity (Wildman–Crippen MR) is 112 cm³/mol. The lowest BCUT2D eigenvalue weighted by molar-refractivity contribution is -0.119. The van der Waals surface area contributed by atoms with Crippen molar-refractivity contribution in [1.29, 1.82) is 0 Å². The second-order valence-electron chi connectivity index (χ2n) is 9.13. The highest BCUT2D eigenvalue weighted by Crippen LogP contribution is 2.57. The Morgan fingerprint density at radius 2 is 1.71 bits per heavy atom. The van der Waals surface area contributed by atoms with Crippen molar-refractivity contribution in [2.45, 2.75) is 67.6 Å². The summed E-state index contributed by atoms with van der Waals surface area (Å²) in [5.41, 5.74) is 1.47. The smallest absolute Gasteiger partial charge is 0.268 e. The zero-order chi connectivity index (χ0) is 20.6. The number of hydrogen-bond acceptors (Lipinski definition) is 3. The summed E-state index contributed by atoms with van der Waals surface area (Å²) in [7, 11) is -3.67. The Balaban J connectivity index is 1.88. The topological polar surface area (TPSA) is 57.7 Å². The van der Waals surface area contributed by atoms with Gasteiger partial charge in [0.25, 0.3) is 5.91 Å². The van der Waals surface area contributed by atoms with E-state index in [1.807, 2.05) is 13.8 Å². The minimum atomic E-state index is -3.67. The van der Waals surface area contributed by atoms with E-state index >= 15 is 0 Å². The second-order valence-corrected chi connectivity index (χ2v) is 12.4. The first-order valence-corrected chi connectivity index (χ1v) is 12.0. The summed E-state index contributed by atoms with van der Waals surface area (Å²) < 4.78 is 26.4. The molecule has 0 aromatic heterocycles. The van der Waals surface area contributed by atoms with Gasteiger partial charge in [0.15, 0.2) is 0 Å². The number of carbonyl (C=O) groups is 1. The SMILES string of the molecule is CC1CCN(S(=O)(=O)c2cc3c4c(c2)C(Cl)(Cl)C(=O)N4C(C)(C)CC3C)CC1. The van der Waals surface area contributed by atoms with E-state index in [0.717, 1.165) is 18.4 Å². The molecule has 5 nitrogen and oxygen atoms in total. The molecule has 1 amide bonds.